The van der Waals surface area contributed by atoms with E-state index in [1.807, 2.05) is 0 Å². The van der Waals surface area contributed by atoms with Crippen LogP contribution in [0.1, 0.15) is 10.0 Å². The maximum atomic E-state index is 12.9. The van der Waals surface area contributed by atoms with Crippen LogP contribution >= 0.6 is 22.7 Å². The molecule has 0 saturated heterocycles. The van der Waals surface area contributed by atoms with Crippen LogP contribution in [0.25, 0.3) is 0 Å². The summed E-state index contributed by atoms with van der Waals surface area (Å²) in [5, 5.41) is 11.7. The largest absolute Gasteiger partial charge is 0.430 e. The van der Waals surface area contributed by atoms with Crippen molar-refractivity contribution in [2.75, 3.05) is 0 Å². The van der Waals surface area contributed by atoms with Crippen molar-refractivity contribution in [3.63, 3.8) is 0 Å². The average molecular weight is 266 g/mol. The zero-order valence-electron chi connectivity index (χ0n) is 7.60. The summed E-state index contributed by atoms with van der Waals surface area (Å²) in [7, 11) is 0. The van der Waals surface area contributed by atoms with E-state index in [2.05, 4.69) is 9.97 Å². The minimum absolute atomic E-state index is 0.421. The number of halogens is 3. The highest BCUT2D eigenvalue weighted by atomic mass is 32.1. The average Bonchev–Trinajstić information content (AvgIpc) is 2.88. The fraction of sp³-hybridized carbons (Fsp3) is 0.250. The minimum atomic E-state index is -4.84. The zero-order valence-corrected chi connectivity index (χ0v) is 9.23. The monoisotopic (exact) mass is 266 g/mol. The van der Waals surface area contributed by atoms with Gasteiger partial charge in [-0.3, -0.25) is 0 Å². The van der Waals surface area contributed by atoms with Gasteiger partial charge in [-0.1, -0.05) is 0 Å². The number of thiazole rings is 2. The van der Waals surface area contributed by atoms with Crippen molar-refractivity contribution in [1.82, 2.24) is 9.97 Å². The summed E-state index contributed by atoms with van der Waals surface area (Å²) in [5.41, 5.74) is -3.10. The second-order valence-corrected chi connectivity index (χ2v) is 4.67. The van der Waals surface area contributed by atoms with Crippen LogP contribution in [-0.2, 0) is 5.60 Å². The van der Waals surface area contributed by atoms with E-state index in [-0.39, 0.29) is 0 Å². The van der Waals surface area contributed by atoms with Gasteiger partial charge in [-0.15, -0.1) is 22.7 Å². The van der Waals surface area contributed by atoms with E-state index in [0.29, 0.717) is 0 Å². The Morgan fingerprint density at radius 3 is 1.69 bits per heavy atom. The molecular weight excluding hydrogens is 261 g/mol. The lowest BCUT2D eigenvalue weighted by Crippen LogP contribution is -2.43. The maximum absolute atomic E-state index is 12.9. The molecule has 2 aromatic heterocycles. The topological polar surface area (TPSA) is 46.0 Å². The first-order valence-electron chi connectivity index (χ1n) is 4.05. The highest BCUT2D eigenvalue weighted by Gasteiger charge is 2.60. The highest BCUT2D eigenvalue weighted by molar-refractivity contribution is 7.11. The van der Waals surface area contributed by atoms with Crippen LogP contribution < -0.4 is 0 Å². The Balaban J connectivity index is 2.59. The summed E-state index contributed by atoms with van der Waals surface area (Å²) in [6.45, 7) is 0. The number of aromatic nitrogens is 2. The summed E-state index contributed by atoms with van der Waals surface area (Å²) in [5.74, 6) is 0. The van der Waals surface area contributed by atoms with Crippen molar-refractivity contribution in [3.8, 4) is 0 Å². The summed E-state index contributed by atoms with van der Waals surface area (Å²) in [4.78, 5) is 7.05. The number of hydrogen-bond acceptors (Lipinski definition) is 5. The van der Waals surface area contributed by atoms with E-state index < -0.39 is 21.8 Å². The van der Waals surface area contributed by atoms with Gasteiger partial charge in [0.2, 0.25) is 0 Å². The first kappa shape index (κ1) is 11.5. The first-order valence-corrected chi connectivity index (χ1v) is 5.81. The van der Waals surface area contributed by atoms with Crippen molar-refractivity contribution >= 4 is 22.7 Å². The molecule has 1 N–H and O–H groups in total. The second kappa shape index (κ2) is 3.79. The van der Waals surface area contributed by atoms with Gasteiger partial charge in [-0.25, -0.2) is 9.97 Å². The Kier molecular flexibility index (Phi) is 2.72. The van der Waals surface area contributed by atoms with Crippen molar-refractivity contribution in [2.24, 2.45) is 0 Å². The number of rotatable bonds is 2. The molecule has 2 rings (SSSR count). The number of aliphatic hydroxyl groups is 1. The fourth-order valence-electron chi connectivity index (χ4n) is 1.14. The molecule has 2 heterocycles. The van der Waals surface area contributed by atoms with E-state index in [1.165, 1.54) is 23.2 Å². The Morgan fingerprint density at radius 1 is 1.00 bits per heavy atom. The molecule has 0 atom stereocenters. The van der Waals surface area contributed by atoms with Gasteiger partial charge in [0.15, 0.2) is 0 Å². The molecule has 2 aromatic rings. The molecule has 0 saturated carbocycles. The second-order valence-electron chi connectivity index (χ2n) is 2.88. The van der Waals surface area contributed by atoms with E-state index >= 15 is 0 Å². The summed E-state index contributed by atoms with van der Waals surface area (Å²) in [6, 6.07) is 0. The summed E-state index contributed by atoms with van der Waals surface area (Å²) >= 11 is 1.48. The van der Waals surface area contributed by atoms with Crippen LogP contribution in [0.4, 0.5) is 13.2 Å². The molecule has 3 nitrogen and oxygen atoms in total. The number of alkyl halides is 3. The SMILES string of the molecule is OC(c1nccs1)(c1nccs1)C(F)(F)F. The molecule has 0 spiro atoms. The van der Waals surface area contributed by atoms with Crippen LogP contribution in [0.3, 0.4) is 0 Å². The third kappa shape index (κ3) is 1.62. The van der Waals surface area contributed by atoms with Crippen molar-refractivity contribution in [1.29, 1.82) is 0 Å². The van der Waals surface area contributed by atoms with Gasteiger partial charge in [0, 0.05) is 23.2 Å². The van der Waals surface area contributed by atoms with Crippen LogP contribution in [0.5, 0.6) is 0 Å². The van der Waals surface area contributed by atoms with E-state index in [1.54, 1.807) is 0 Å². The molecule has 0 fully saturated rings. The van der Waals surface area contributed by atoms with E-state index in [9.17, 15) is 18.3 Å². The van der Waals surface area contributed by atoms with Gasteiger partial charge in [0.25, 0.3) is 5.60 Å². The van der Waals surface area contributed by atoms with Crippen LogP contribution in [0.2, 0.25) is 0 Å². The molecule has 86 valence electrons. The van der Waals surface area contributed by atoms with Gasteiger partial charge < -0.3 is 5.11 Å². The van der Waals surface area contributed by atoms with Crippen molar-refractivity contribution in [3.05, 3.63) is 33.2 Å². The zero-order chi connectivity index (χ0) is 11.8. The molecule has 8 heteroatoms. The Bertz CT molecular complexity index is 418. The third-order valence-electron chi connectivity index (χ3n) is 1.89. The van der Waals surface area contributed by atoms with Gasteiger partial charge in [0.05, 0.1) is 0 Å². The molecular formula is C8H5F3N2OS2. The Labute approximate surface area is 96.2 Å². The predicted octanol–water partition coefficient (Wildman–Crippen LogP) is 2.40. The highest BCUT2D eigenvalue weighted by Crippen LogP contribution is 2.45. The number of hydrogen-bond donors (Lipinski definition) is 1. The molecule has 0 bridgehead atoms. The quantitative estimate of drug-likeness (QED) is 0.907. The first-order chi connectivity index (χ1) is 7.46. The van der Waals surface area contributed by atoms with Crippen molar-refractivity contribution < 1.29 is 18.3 Å². The fourth-order valence-corrected chi connectivity index (χ4v) is 2.71. The van der Waals surface area contributed by atoms with E-state index in [4.69, 9.17) is 0 Å². The molecule has 0 aliphatic carbocycles. The van der Waals surface area contributed by atoms with Gasteiger partial charge in [-0.05, 0) is 0 Å². The maximum Gasteiger partial charge on any atom is 0.430 e. The van der Waals surface area contributed by atoms with Crippen LogP contribution in [-0.4, -0.2) is 21.3 Å². The molecule has 0 aliphatic heterocycles. The van der Waals surface area contributed by atoms with E-state index in [0.717, 1.165) is 22.7 Å². The normalized spacial score (nSPS) is 13.0. The van der Waals surface area contributed by atoms with Gasteiger partial charge >= 0.3 is 6.18 Å². The van der Waals surface area contributed by atoms with Crippen LogP contribution in [0.15, 0.2) is 23.2 Å². The molecule has 0 unspecified atom stereocenters. The van der Waals surface area contributed by atoms with Gasteiger partial charge in [0.1, 0.15) is 10.0 Å². The lowest BCUT2D eigenvalue weighted by Gasteiger charge is -2.26. The van der Waals surface area contributed by atoms with Crippen molar-refractivity contribution in [2.45, 2.75) is 11.8 Å². The molecule has 0 aliphatic rings. The van der Waals surface area contributed by atoms with Gasteiger partial charge in [-0.2, -0.15) is 13.2 Å². The molecule has 0 amide bonds. The Morgan fingerprint density at radius 2 is 1.44 bits per heavy atom. The lowest BCUT2D eigenvalue weighted by molar-refractivity contribution is -0.248. The molecule has 0 radical (unpaired) electrons. The summed E-state index contributed by atoms with van der Waals surface area (Å²) in [6.07, 6.45) is -2.42. The standard InChI is InChI=1S/C8H5F3N2OS2/c9-8(10,11)7(14,5-12-1-3-15-5)6-13-2-4-16-6/h1-4,14H. The molecule has 16 heavy (non-hydrogen) atoms. The third-order valence-corrected chi connectivity index (χ3v) is 3.66. The molecule has 0 aromatic carbocycles. The predicted molar refractivity (Wildman–Crippen MR) is 53.3 cm³/mol. The smallest absolute Gasteiger partial charge is 0.369 e. The number of nitrogens with zero attached hydrogens (tertiary/aromatic N) is 2. The Hall–Kier alpha value is -0.990. The summed E-state index contributed by atoms with van der Waals surface area (Å²) < 4.78 is 38.7. The minimum Gasteiger partial charge on any atom is -0.369 e. The lowest BCUT2D eigenvalue weighted by atomic mass is 10.1. The van der Waals surface area contributed by atoms with Crippen LogP contribution in [0, 0.1) is 0 Å².